The van der Waals surface area contributed by atoms with Crippen molar-refractivity contribution < 1.29 is 19.6 Å². The summed E-state index contributed by atoms with van der Waals surface area (Å²) in [6.45, 7) is 0.0264. The Balaban J connectivity index is 1.55. The zero-order valence-electron chi connectivity index (χ0n) is 21.3. The minimum Gasteiger partial charge on any atom is -0.488 e. The lowest BCUT2D eigenvalue weighted by Crippen LogP contribution is -2.25. The summed E-state index contributed by atoms with van der Waals surface area (Å²) in [5.41, 5.74) is 1.11. The van der Waals surface area contributed by atoms with Gasteiger partial charge in [0.2, 0.25) is 0 Å². The Labute approximate surface area is 237 Å². The molecule has 5 rings (SSSR count). The zero-order valence-corrected chi connectivity index (χ0v) is 22.9. The van der Waals surface area contributed by atoms with E-state index in [9.17, 15) is 24.8 Å². The first-order valence-corrected chi connectivity index (χ1v) is 13.6. The van der Waals surface area contributed by atoms with Crippen LogP contribution in [-0.2, 0) is 6.61 Å². The minimum absolute atomic E-state index is 0.0264. The maximum Gasteiger partial charge on any atom is 0.335 e. The number of nitrogens with zero attached hydrogens (tertiary/aromatic N) is 4. The summed E-state index contributed by atoms with van der Waals surface area (Å²) >= 11 is 3.41. The highest BCUT2D eigenvalue weighted by atomic mass is 79.9. The molecule has 10 nitrogen and oxygen atoms in total. The first-order chi connectivity index (χ1) is 19.3. The number of nitro benzene ring substituents is 1. The van der Waals surface area contributed by atoms with E-state index in [0.29, 0.717) is 33.6 Å². The number of fused-ring (bicyclic) bond motifs is 1. The number of carbonyl (C=O) groups is 1. The zero-order chi connectivity index (χ0) is 28.2. The maximum absolute atomic E-state index is 13.6. The molecule has 3 aromatic carbocycles. The molecule has 1 saturated carbocycles. The van der Waals surface area contributed by atoms with Crippen LogP contribution < -0.4 is 10.3 Å². The van der Waals surface area contributed by atoms with Crippen molar-refractivity contribution in [1.82, 2.24) is 9.66 Å². The van der Waals surface area contributed by atoms with Crippen molar-refractivity contribution in [2.45, 2.75) is 44.6 Å². The third-order valence-electron chi connectivity index (χ3n) is 6.89. The fourth-order valence-corrected chi connectivity index (χ4v) is 5.22. The van der Waals surface area contributed by atoms with Gasteiger partial charge in [-0.1, -0.05) is 47.3 Å². The van der Waals surface area contributed by atoms with Gasteiger partial charge in [-0.05, 0) is 54.8 Å². The smallest absolute Gasteiger partial charge is 0.335 e. The maximum atomic E-state index is 13.6. The van der Waals surface area contributed by atoms with Gasteiger partial charge in [0, 0.05) is 28.1 Å². The van der Waals surface area contributed by atoms with E-state index in [1.807, 2.05) is 6.07 Å². The molecule has 0 bridgehead atoms. The molecule has 0 atom stereocenters. The summed E-state index contributed by atoms with van der Waals surface area (Å²) in [5, 5.41) is 25.7. The lowest BCUT2D eigenvalue weighted by molar-refractivity contribution is -0.384. The number of non-ortho nitro benzene ring substituents is 1. The van der Waals surface area contributed by atoms with E-state index in [4.69, 9.17) is 9.72 Å². The molecule has 204 valence electrons. The number of nitro groups is 1. The van der Waals surface area contributed by atoms with Crippen LogP contribution in [0, 0.1) is 10.1 Å². The molecule has 0 unspecified atom stereocenters. The van der Waals surface area contributed by atoms with Gasteiger partial charge in [0.05, 0.1) is 27.6 Å². The molecule has 0 saturated heterocycles. The highest BCUT2D eigenvalue weighted by Crippen LogP contribution is 2.32. The molecule has 1 fully saturated rings. The van der Waals surface area contributed by atoms with E-state index in [0.717, 1.165) is 36.6 Å². The van der Waals surface area contributed by atoms with Crippen molar-refractivity contribution in [3.63, 3.8) is 0 Å². The molecule has 0 spiro atoms. The molecule has 4 aromatic rings. The van der Waals surface area contributed by atoms with Crippen molar-refractivity contribution in [3.8, 4) is 5.75 Å². The van der Waals surface area contributed by atoms with Crippen LogP contribution >= 0.6 is 15.9 Å². The van der Waals surface area contributed by atoms with Gasteiger partial charge in [-0.2, -0.15) is 9.78 Å². The van der Waals surface area contributed by atoms with Gasteiger partial charge in [0.15, 0.2) is 0 Å². The van der Waals surface area contributed by atoms with Crippen molar-refractivity contribution in [2.24, 2.45) is 5.10 Å². The van der Waals surface area contributed by atoms with Gasteiger partial charge in [-0.15, -0.1) is 0 Å². The topological polar surface area (TPSA) is 137 Å². The van der Waals surface area contributed by atoms with Gasteiger partial charge < -0.3 is 9.84 Å². The van der Waals surface area contributed by atoms with Gasteiger partial charge in [-0.25, -0.2) is 9.78 Å². The van der Waals surface area contributed by atoms with Crippen LogP contribution in [0.25, 0.3) is 10.9 Å². The first-order valence-electron chi connectivity index (χ1n) is 12.8. The molecule has 1 aliphatic carbocycles. The molecule has 0 radical (unpaired) electrons. The number of ether oxygens (including phenoxy) is 1. The van der Waals surface area contributed by atoms with Crippen molar-refractivity contribution in [3.05, 3.63) is 108 Å². The Hall–Kier alpha value is -4.38. The third-order valence-corrected chi connectivity index (χ3v) is 7.38. The molecular formula is C29H25BrN4O6. The van der Waals surface area contributed by atoms with Crippen LogP contribution in [0.4, 0.5) is 5.69 Å². The Morgan fingerprint density at radius 2 is 1.95 bits per heavy atom. The quantitative estimate of drug-likeness (QED) is 0.142. The number of hydrogen-bond acceptors (Lipinski definition) is 7. The predicted octanol–water partition coefficient (Wildman–Crippen LogP) is 6.27. The molecule has 0 aliphatic heterocycles. The molecule has 0 amide bonds. The first kappa shape index (κ1) is 27.2. The number of hydrogen-bond donors (Lipinski definition) is 1. The van der Waals surface area contributed by atoms with E-state index < -0.39 is 10.9 Å². The van der Waals surface area contributed by atoms with Gasteiger partial charge in [-0.3, -0.25) is 14.9 Å². The van der Waals surface area contributed by atoms with Crippen LogP contribution in [-0.4, -0.2) is 31.9 Å². The highest BCUT2D eigenvalue weighted by Gasteiger charge is 2.23. The van der Waals surface area contributed by atoms with E-state index in [-0.39, 0.29) is 29.3 Å². The van der Waals surface area contributed by atoms with Gasteiger partial charge >= 0.3 is 5.97 Å². The summed E-state index contributed by atoms with van der Waals surface area (Å²) in [5.74, 6) is -0.137. The molecule has 1 aromatic heterocycles. The second-order valence-corrected chi connectivity index (χ2v) is 10.5. The fraction of sp³-hybridized carbons (Fsp3) is 0.241. The summed E-state index contributed by atoms with van der Waals surface area (Å²) in [6, 6.07) is 15.8. The Morgan fingerprint density at radius 3 is 2.70 bits per heavy atom. The molecule has 1 aliphatic rings. The number of carboxylic acid groups (broad SMARTS) is 1. The van der Waals surface area contributed by atoms with Crippen LogP contribution in [0.5, 0.6) is 5.75 Å². The normalized spacial score (nSPS) is 14.0. The molecule has 11 heteroatoms. The Bertz CT molecular complexity index is 1690. The van der Waals surface area contributed by atoms with Gasteiger partial charge in [0.1, 0.15) is 18.2 Å². The van der Waals surface area contributed by atoms with E-state index in [2.05, 4.69) is 21.0 Å². The number of rotatable bonds is 8. The summed E-state index contributed by atoms with van der Waals surface area (Å²) in [6.07, 6.45) is 6.36. The van der Waals surface area contributed by atoms with Crippen molar-refractivity contribution in [2.75, 3.05) is 0 Å². The number of carboxylic acids is 1. The SMILES string of the molecule is O=C(O)c1cccc(COc2ccc([N+](=O)[O-])cc2C=Nn2c(C3CCCCC3)nc3ccc(Br)cc3c2=O)c1. The second kappa shape index (κ2) is 11.8. The lowest BCUT2D eigenvalue weighted by Gasteiger charge is -2.22. The van der Waals surface area contributed by atoms with Crippen LogP contribution in [0.1, 0.15) is 65.3 Å². The van der Waals surface area contributed by atoms with Crippen molar-refractivity contribution in [1.29, 1.82) is 0 Å². The summed E-state index contributed by atoms with van der Waals surface area (Å²) < 4.78 is 7.96. The number of aromatic nitrogens is 2. The number of aromatic carboxylic acids is 1. The molecule has 1 N–H and O–H groups in total. The third kappa shape index (κ3) is 5.94. The predicted molar refractivity (Wildman–Crippen MR) is 153 cm³/mol. The monoisotopic (exact) mass is 604 g/mol. The van der Waals surface area contributed by atoms with Crippen LogP contribution in [0.3, 0.4) is 0 Å². The fourth-order valence-electron chi connectivity index (χ4n) is 4.86. The van der Waals surface area contributed by atoms with Gasteiger partial charge in [0.25, 0.3) is 11.2 Å². The van der Waals surface area contributed by atoms with Crippen molar-refractivity contribution >= 4 is 44.7 Å². The highest BCUT2D eigenvalue weighted by molar-refractivity contribution is 9.10. The number of halogens is 1. The molecular weight excluding hydrogens is 580 g/mol. The largest absolute Gasteiger partial charge is 0.488 e. The number of benzene rings is 3. The molecule has 40 heavy (non-hydrogen) atoms. The average molecular weight is 605 g/mol. The Morgan fingerprint density at radius 1 is 1.15 bits per heavy atom. The van der Waals surface area contributed by atoms with Crippen LogP contribution in [0.2, 0.25) is 0 Å². The molecule has 1 heterocycles. The van der Waals surface area contributed by atoms with Crippen LogP contribution in [0.15, 0.2) is 75.0 Å². The average Bonchev–Trinajstić information content (AvgIpc) is 2.96. The minimum atomic E-state index is -1.06. The summed E-state index contributed by atoms with van der Waals surface area (Å²) in [4.78, 5) is 40.7. The van der Waals surface area contributed by atoms with E-state index >= 15 is 0 Å². The van der Waals surface area contributed by atoms with E-state index in [1.54, 1.807) is 24.3 Å². The standard InChI is InChI=1S/C29H25BrN4O6/c30-22-9-11-25-24(15-22)28(35)33(27(32-25)19-6-2-1-3-7-19)31-16-21-14-23(34(38)39)10-12-26(21)40-17-18-5-4-8-20(13-18)29(36)37/h4-5,8-16,19H,1-3,6-7,17H2,(H,36,37). The second-order valence-electron chi connectivity index (χ2n) is 9.60. The Kier molecular flexibility index (Phi) is 8.01. The lowest BCUT2D eigenvalue weighted by atomic mass is 9.88. The summed E-state index contributed by atoms with van der Waals surface area (Å²) in [7, 11) is 0. The van der Waals surface area contributed by atoms with E-state index in [1.165, 1.54) is 41.2 Å².